The van der Waals surface area contributed by atoms with Crippen LogP contribution in [0.5, 0.6) is 0 Å². The van der Waals surface area contributed by atoms with Crippen LogP contribution in [-0.4, -0.2) is 10.2 Å². The minimum atomic E-state index is 0.861. The van der Waals surface area contributed by atoms with Crippen molar-refractivity contribution in [1.82, 2.24) is 0 Å². The highest BCUT2D eigenvalue weighted by molar-refractivity contribution is 6.37. The zero-order chi connectivity index (χ0) is 8.27. The van der Waals surface area contributed by atoms with Crippen molar-refractivity contribution in [1.29, 1.82) is 0 Å². The molecule has 0 aliphatic heterocycles. The average Bonchev–Trinajstić information content (AvgIpc) is 1.97. The minimum Gasteiger partial charge on any atom is -0.0840 e. The Kier molecular flexibility index (Phi) is 3.15. The molecular weight excluding hydrogens is 172 g/mol. The molecule has 0 aliphatic rings. The third-order valence-electron chi connectivity index (χ3n) is 1.62. The van der Waals surface area contributed by atoms with Crippen LogP contribution in [0.1, 0.15) is 18.9 Å². The Morgan fingerprint density at radius 2 is 2.18 bits per heavy atom. The van der Waals surface area contributed by atoms with Crippen molar-refractivity contribution in [3.8, 4) is 0 Å². The molecule has 1 rings (SSSR count). The molecule has 0 saturated heterocycles. The topological polar surface area (TPSA) is 0 Å². The summed E-state index contributed by atoms with van der Waals surface area (Å²) in [5, 5.41) is 1.97. The van der Waals surface area contributed by atoms with Gasteiger partial charge in [0, 0.05) is 5.02 Å². The van der Waals surface area contributed by atoms with E-state index < -0.39 is 0 Å². The predicted molar refractivity (Wildman–Crippen MR) is 50.8 cm³/mol. The van der Waals surface area contributed by atoms with Gasteiger partial charge in [0.2, 0.25) is 0 Å². The zero-order valence-corrected chi connectivity index (χ0v) is 8.28. The molecule has 0 unspecified atom stereocenters. The van der Waals surface area contributed by atoms with Crippen LogP contribution in [0.25, 0.3) is 0 Å². The largest absolute Gasteiger partial charge is 0.0840 e. The van der Waals surface area contributed by atoms with Gasteiger partial charge in [0.1, 0.15) is 0 Å². The van der Waals surface area contributed by atoms with Crippen LogP contribution in [0.2, 0.25) is 5.02 Å². The van der Waals surface area contributed by atoms with Crippen LogP contribution >= 0.6 is 11.6 Å². The van der Waals surface area contributed by atoms with Crippen LogP contribution < -0.4 is 5.19 Å². The normalized spacial score (nSPS) is 10.1. The van der Waals surface area contributed by atoms with Crippen LogP contribution in [0.4, 0.5) is 0 Å². The summed E-state index contributed by atoms with van der Waals surface area (Å²) in [6, 6.07) is 5.90. The van der Waals surface area contributed by atoms with E-state index in [2.05, 4.69) is 17.2 Å². The summed E-state index contributed by atoms with van der Waals surface area (Å²) in [7, 11) is 3.51. The van der Waals surface area contributed by atoms with Gasteiger partial charge in [-0.1, -0.05) is 42.3 Å². The lowest BCUT2D eigenvalue weighted by Gasteiger charge is -2.05. The molecule has 0 heterocycles. The first-order chi connectivity index (χ1) is 5.25. The summed E-state index contributed by atoms with van der Waals surface area (Å²) >= 11 is 5.98. The maximum absolute atomic E-state index is 5.98. The van der Waals surface area contributed by atoms with Crippen LogP contribution in [0, 0.1) is 0 Å². The standard InChI is InChI=1S/C9H10ClSi/c1-2-4-7-8(10)5-3-6-9(7)11/h3,5-6H,2,4H2,1H3. The number of benzene rings is 1. The van der Waals surface area contributed by atoms with Gasteiger partial charge >= 0.3 is 0 Å². The maximum Gasteiger partial charge on any atom is 0.0716 e. The molecule has 1 aromatic carbocycles. The van der Waals surface area contributed by atoms with E-state index in [1.165, 1.54) is 5.56 Å². The number of halogens is 1. The third-order valence-corrected chi connectivity index (χ3v) is 2.44. The summed E-state index contributed by atoms with van der Waals surface area (Å²) in [6.07, 6.45) is 2.17. The fourth-order valence-corrected chi connectivity index (χ4v) is 1.77. The van der Waals surface area contributed by atoms with E-state index in [4.69, 9.17) is 11.6 Å². The Bertz CT molecular complexity index is 225. The van der Waals surface area contributed by atoms with Crippen molar-refractivity contribution in [2.45, 2.75) is 19.8 Å². The van der Waals surface area contributed by atoms with Gasteiger partial charge in [-0.2, -0.15) is 0 Å². The Morgan fingerprint density at radius 1 is 1.45 bits per heavy atom. The third kappa shape index (κ3) is 2.08. The molecule has 0 N–H and O–H groups in total. The molecule has 0 saturated carbocycles. The quantitative estimate of drug-likeness (QED) is 0.613. The highest BCUT2D eigenvalue weighted by atomic mass is 35.5. The molecule has 0 atom stereocenters. The van der Waals surface area contributed by atoms with E-state index in [-0.39, 0.29) is 0 Å². The first kappa shape index (κ1) is 8.82. The lowest BCUT2D eigenvalue weighted by molar-refractivity contribution is 0.927. The molecule has 11 heavy (non-hydrogen) atoms. The van der Waals surface area contributed by atoms with Gasteiger partial charge in [-0.25, -0.2) is 0 Å². The molecule has 0 spiro atoms. The molecule has 0 aromatic heterocycles. The van der Waals surface area contributed by atoms with E-state index in [0.29, 0.717) is 0 Å². The predicted octanol–water partition coefficient (Wildman–Crippen LogP) is 2.09. The Labute approximate surface area is 76.0 Å². The number of hydrogen-bond donors (Lipinski definition) is 0. The van der Waals surface area contributed by atoms with Gasteiger partial charge in [0.05, 0.1) is 10.2 Å². The molecule has 3 radical (unpaired) electrons. The summed E-state index contributed by atoms with van der Waals surface area (Å²) < 4.78 is 0. The summed E-state index contributed by atoms with van der Waals surface area (Å²) in [6.45, 7) is 2.15. The van der Waals surface area contributed by atoms with Gasteiger partial charge in [0.25, 0.3) is 0 Å². The second kappa shape index (κ2) is 3.93. The molecule has 0 aliphatic carbocycles. The summed E-state index contributed by atoms with van der Waals surface area (Å²) in [5.74, 6) is 0. The molecule has 0 nitrogen and oxygen atoms in total. The summed E-state index contributed by atoms with van der Waals surface area (Å²) in [5.41, 5.74) is 1.22. The van der Waals surface area contributed by atoms with Gasteiger partial charge in [-0.3, -0.25) is 0 Å². The molecule has 57 valence electrons. The SMILES string of the molecule is CCCc1c([Si])cccc1Cl. The lowest BCUT2D eigenvalue weighted by atomic mass is 10.1. The zero-order valence-electron chi connectivity index (χ0n) is 6.52. The second-order valence-electron chi connectivity index (χ2n) is 2.52. The Morgan fingerprint density at radius 3 is 2.73 bits per heavy atom. The van der Waals surface area contributed by atoms with E-state index in [1.54, 1.807) is 0 Å². The van der Waals surface area contributed by atoms with Crippen molar-refractivity contribution in [3.05, 3.63) is 28.8 Å². The van der Waals surface area contributed by atoms with Crippen LogP contribution in [-0.2, 0) is 6.42 Å². The van der Waals surface area contributed by atoms with Crippen LogP contribution in [0.15, 0.2) is 18.2 Å². The van der Waals surface area contributed by atoms with Crippen molar-refractivity contribution in [2.24, 2.45) is 0 Å². The number of hydrogen-bond acceptors (Lipinski definition) is 0. The van der Waals surface area contributed by atoms with E-state index in [1.807, 2.05) is 18.2 Å². The molecule has 0 bridgehead atoms. The maximum atomic E-state index is 5.98. The number of rotatable bonds is 2. The van der Waals surface area contributed by atoms with Crippen molar-refractivity contribution >= 4 is 27.0 Å². The Hall–Kier alpha value is -0.273. The fourth-order valence-electron chi connectivity index (χ4n) is 1.06. The molecule has 0 fully saturated rings. The minimum absolute atomic E-state index is 0.861. The van der Waals surface area contributed by atoms with E-state index in [9.17, 15) is 0 Å². The highest BCUT2D eigenvalue weighted by Gasteiger charge is 2.00. The Balaban J connectivity index is 3.00. The van der Waals surface area contributed by atoms with E-state index in [0.717, 1.165) is 23.1 Å². The fraction of sp³-hybridized carbons (Fsp3) is 0.333. The van der Waals surface area contributed by atoms with Crippen molar-refractivity contribution in [2.75, 3.05) is 0 Å². The monoisotopic (exact) mass is 181 g/mol. The molecule has 0 amide bonds. The first-order valence-electron chi connectivity index (χ1n) is 3.74. The van der Waals surface area contributed by atoms with Gasteiger partial charge in [-0.05, 0) is 18.1 Å². The molecular formula is C9H10ClSi. The van der Waals surface area contributed by atoms with Crippen molar-refractivity contribution in [3.63, 3.8) is 0 Å². The van der Waals surface area contributed by atoms with Gasteiger partial charge in [0.15, 0.2) is 0 Å². The average molecular weight is 182 g/mol. The van der Waals surface area contributed by atoms with E-state index >= 15 is 0 Å². The van der Waals surface area contributed by atoms with Gasteiger partial charge in [-0.15, -0.1) is 0 Å². The molecule has 2 heteroatoms. The van der Waals surface area contributed by atoms with Crippen LogP contribution in [0.3, 0.4) is 0 Å². The second-order valence-corrected chi connectivity index (χ2v) is 3.46. The highest BCUT2D eigenvalue weighted by Crippen LogP contribution is 2.13. The lowest BCUT2D eigenvalue weighted by Crippen LogP contribution is -2.09. The van der Waals surface area contributed by atoms with Gasteiger partial charge < -0.3 is 0 Å². The molecule has 1 aromatic rings. The van der Waals surface area contributed by atoms with Crippen molar-refractivity contribution < 1.29 is 0 Å². The first-order valence-corrected chi connectivity index (χ1v) is 4.62. The summed E-state index contributed by atoms with van der Waals surface area (Å²) in [4.78, 5) is 0. The smallest absolute Gasteiger partial charge is 0.0716 e.